The van der Waals surface area contributed by atoms with Crippen molar-refractivity contribution in [2.45, 2.75) is 91.1 Å². The van der Waals surface area contributed by atoms with E-state index in [9.17, 15) is 14.4 Å². The smallest absolute Gasteiger partial charge is 0.248 e. The number of nitrogens with zero attached hydrogens (tertiary/aromatic N) is 1. The Kier molecular flexibility index (Phi) is 7.29. The van der Waals surface area contributed by atoms with Gasteiger partial charge in [-0.05, 0) is 48.5 Å². The number of imide groups is 1. The van der Waals surface area contributed by atoms with Crippen molar-refractivity contribution in [3.63, 3.8) is 0 Å². The van der Waals surface area contributed by atoms with Crippen LogP contribution in [0, 0.1) is 0 Å². The van der Waals surface area contributed by atoms with E-state index >= 15 is 0 Å². The predicted molar refractivity (Wildman–Crippen MR) is 90.7 cm³/mol. The summed E-state index contributed by atoms with van der Waals surface area (Å²) in [5.41, 5.74) is 1.11. The van der Waals surface area contributed by atoms with Gasteiger partial charge in [-0.25, -0.2) is 9.78 Å². The minimum atomic E-state index is -1.36. The van der Waals surface area contributed by atoms with E-state index in [1.165, 1.54) is 0 Å². The van der Waals surface area contributed by atoms with Crippen LogP contribution in [0.4, 0.5) is 0 Å². The fourth-order valence-corrected chi connectivity index (χ4v) is 1.75. The molecule has 150 valence electrons. The maximum atomic E-state index is 12.1. The van der Waals surface area contributed by atoms with Crippen LogP contribution < -0.4 is 5.43 Å². The van der Waals surface area contributed by atoms with Gasteiger partial charge in [0.15, 0.2) is 0 Å². The van der Waals surface area contributed by atoms with E-state index in [1.54, 1.807) is 48.5 Å². The maximum Gasteiger partial charge on any atom is 0.248 e. The molecule has 1 saturated heterocycles. The molecule has 1 heterocycles. The Bertz CT molecular complexity index is 500. The van der Waals surface area contributed by atoms with E-state index in [-0.39, 0.29) is 25.7 Å². The fraction of sp³-hybridized carbons (Fsp3) is 0.824. The summed E-state index contributed by atoms with van der Waals surface area (Å²) in [6, 6.07) is 0. The number of rotatable bonds is 8. The number of carbonyl (C=O) groups excluding carboxylic acids is 3. The molecule has 0 aliphatic carbocycles. The number of amides is 3. The highest BCUT2D eigenvalue weighted by Crippen LogP contribution is 2.26. The Morgan fingerprint density at radius 3 is 1.69 bits per heavy atom. The van der Waals surface area contributed by atoms with Crippen LogP contribution in [0.3, 0.4) is 0 Å². The number of hydrogen-bond donors (Lipinski definition) is 1. The van der Waals surface area contributed by atoms with Gasteiger partial charge in [0, 0.05) is 25.7 Å². The molecule has 9 heteroatoms. The summed E-state index contributed by atoms with van der Waals surface area (Å²) in [6.07, 6.45) is 0.194. The summed E-state index contributed by atoms with van der Waals surface area (Å²) in [5.74, 6) is -2.73. The number of hydrazine groups is 1. The summed E-state index contributed by atoms with van der Waals surface area (Å²) in [5, 5.41) is 0.749. The Morgan fingerprint density at radius 1 is 0.885 bits per heavy atom. The van der Waals surface area contributed by atoms with Crippen molar-refractivity contribution in [1.29, 1.82) is 0 Å². The number of hydrogen-bond acceptors (Lipinski definition) is 7. The predicted octanol–water partition coefficient (Wildman–Crippen LogP) is 2.16. The van der Waals surface area contributed by atoms with Gasteiger partial charge in [-0.2, -0.15) is 14.8 Å². The molecule has 0 saturated carbocycles. The van der Waals surface area contributed by atoms with E-state index in [2.05, 4.69) is 5.43 Å². The summed E-state index contributed by atoms with van der Waals surface area (Å²) in [6.45, 7) is 12.4. The lowest BCUT2D eigenvalue weighted by Crippen LogP contribution is -2.46. The molecule has 1 rings (SSSR count). The van der Waals surface area contributed by atoms with Crippen LogP contribution in [0.2, 0.25) is 0 Å². The lowest BCUT2D eigenvalue weighted by Gasteiger charge is -2.32. The largest absolute Gasteiger partial charge is 0.273 e. The zero-order chi connectivity index (χ0) is 20.2. The quantitative estimate of drug-likeness (QED) is 0.300. The molecule has 3 amide bonds. The number of nitrogens with one attached hydrogen (secondary N) is 1. The summed E-state index contributed by atoms with van der Waals surface area (Å²) in [4.78, 5) is 56.5. The molecule has 9 nitrogen and oxygen atoms in total. The first-order valence-electron chi connectivity index (χ1n) is 8.60. The monoisotopic (exact) mass is 374 g/mol. The topological polar surface area (TPSA) is 103 Å². The second-order valence-corrected chi connectivity index (χ2v) is 8.35. The SMILES string of the molecule is CC(C)(C)OOC(C)(CCC(=O)NN1C(=O)CCC1=O)OOC(C)(C)C. The molecule has 1 aliphatic rings. The summed E-state index contributed by atoms with van der Waals surface area (Å²) < 4.78 is 0. The lowest BCUT2D eigenvalue weighted by molar-refractivity contribution is -0.537. The fourth-order valence-electron chi connectivity index (χ4n) is 1.75. The molecule has 0 aromatic rings. The lowest BCUT2D eigenvalue weighted by atomic mass is 10.1. The summed E-state index contributed by atoms with van der Waals surface area (Å²) >= 11 is 0. The van der Waals surface area contributed by atoms with Gasteiger partial charge in [0.2, 0.25) is 23.5 Å². The first kappa shape index (κ1) is 22.5. The molecule has 0 aromatic heterocycles. The second-order valence-electron chi connectivity index (χ2n) is 8.35. The molecule has 0 atom stereocenters. The third kappa shape index (κ3) is 8.22. The van der Waals surface area contributed by atoms with Crippen molar-refractivity contribution in [2.75, 3.05) is 0 Å². The first-order chi connectivity index (χ1) is 11.7. The minimum absolute atomic E-state index is 0.0706. The van der Waals surface area contributed by atoms with Crippen LogP contribution in [0.5, 0.6) is 0 Å². The molecule has 1 aliphatic heterocycles. The van der Waals surface area contributed by atoms with Crippen LogP contribution in [0.25, 0.3) is 0 Å². The van der Waals surface area contributed by atoms with Crippen molar-refractivity contribution in [3.8, 4) is 0 Å². The molecule has 1 N–H and O–H groups in total. The zero-order valence-electron chi connectivity index (χ0n) is 16.6. The molecule has 0 unspecified atom stereocenters. The van der Waals surface area contributed by atoms with Crippen molar-refractivity contribution in [1.82, 2.24) is 10.4 Å². The Morgan fingerprint density at radius 2 is 1.31 bits per heavy atom. The van der Waals surface area contributed by atoms with Crippen LogP contribution in [-0.2, 0) is 33.9 Å². The van der Waals surface area contributed by atoms with E-state index in [0.717, 1.165) is 5.01 Å². The van der Waals surface area contributed by atoms with Crippen LogP contribution in [-0.4, -0.2) is 39.7 Å². The van der Waals surface area contributed by atoms with Gasteiger partial charge in [-0.3, -0.25) is 19.8 Å². The van der Waals surface area contributed by atoms with E-state index < -0.39 is 34.7 Å². The molecule has 0 aromatic carbocycles. The van der Waals surface area contributed by atoms with Gasteiger partial charge in [0.1, 0.15) is 0 Å². The van der Waals surface area contributed by atoms with E-state index in [1.807, 2.05) is 0 Å². The van der Waals surface area contributed by atoms with Crippen LogP contribution in [0.15, 0.2) is 0 Å². The number of carbonyl (C=O) groups is 3. The zero-order valence-corrected chi connectivity index (χ0v) is 16.6. The molecule has 0 radical (unpaired) electrons. The van der Waals surface area contributed by atoms with Gasteiger partial charge in [-0.15, -0.1) is 0 Å². The van der Waals surface area contributed by atoms with Gasteiger partial charge in [0.25, 0.3) is 0 Å². The standard InChI is InChI=1S/C17H30N2O7/c1-15(2,3)23-25-17(7,26-24-16(4,5)6)11-10-12(20)18-19-13(21)8-9-14(19)22/h8-11H2,1-7H3,(H,18,20). The van der Waals surface area contributed by atoms with Gasteiger partial charge in [-0.1, -0.05) is 0 Å². The molecular weight excluding hydrogens is 344 g/mol. The van der Waals surface area contributed by atoms with Crippen molar-refractivity contribution < 1.29 is 33.9 Å². The third-order valence-corrected chi connectivity index (χ3v) is 3.03. The highest BCUT2D eigenvalue weighted by atomic mass is 17.3. The molecule has 1 fully saturated rings. The average molecular weight is 374 g/mol. The average Bonchev–Trinajstić information content (AvgIpc) is 2.80. The highest BCUT2D eigenvalue weighted by molar-refractivity contribution is 6.03. The minimum Gasteiger partial charge on any atom is -0.273 e. The molecular formula is C17H30N2O7. The normalized spacial score (nSPS) is 16.3. The molecule has 0 bridgehead atoms. The van der Waals surface area contributed by atoms with Crippen molar-refractivity contribution in [3.05, 3.63) is 0 Å². The molecule has 26 heavy (non-hydrogen) atoms. The van der Waals surface area contributed by atoms with E-state index in [4.69, 9.17) is 19.6 Å². The third-order valence-electron chi connectivity index (χ3n) is 3.03. The first-order valence-corrected chi connectivity index (χ1v) is 8.60. The molecule has 0 spiro atoms. The second kappa shape index (κ2) is 8.43. The van der Waals surface area contributed by atoms with Crippen LogP contribution in [0.1, 0.15) is 74.1 Å². The van der Waals surface area contributed by atoms with Gasteiger partial charge < -0.3 is 0 Å². The van der Waals surface area contributed by atoms with Crippen molar-refractivity contribution >= 4 is 17.7 Å². The van der Waals surface area contributed by atoms with Crippen molar-refractivity contribution in [2.24, 2.45) is 0 Å². The van der Waals surface area contributed by atoms with Gasteiger partial charge in [0.05, 0.1) is 11.2 Å². The highest BCUT2D eigenvalue weighted by Gasteiger charge is 2.35. The Balaban J connectivity index is 2.64. The van der Waals surface area contributed by atoms with Crippen LogP contribution >= 0.6 is 0 Å². The van der Waals surface area contributed by atoms with E-state index in [0.29, 0.717) is 0 Å². The summed E-state index contributed by atoms with van der Waals surface area (Å²) in [7, 11) is 0. The Hall–Kier alpha value is -1.55. The Labute approximate surface area is 154 Å². The maximum absolute atomic E-state index is 12.1. The van der Waals surface area contributed by atoms with Gasteiger partial charge >= 0.3 is 0 Å².